The largest absolute Gasteiger partial charge is 0.427 e. The minimum absolute atomic E-state index is 0.309. The molecule has 1 aromatic rings. The average Bonchev–Trinajstić information content (AvgIpc) is 2.04. The van der Waals surface area contributed by atoms with Crippen molar-refractivity contribution >= 4 is 12.0 Å². The molecule has 0 N–H and O–H groups in total. The molecule has 0 aliphatic heterocycles. The van der Waals surface area contributed by atoms with Crippen LogP contribution in [0.1, 0.15) is 12.5 Å². The fraction of sp³-hybridized carbons (Fsp3) is 0.0909. The van der Waals surface area contributed by atoms with Crippen LogP contribution in [0.3, 0.4) is 0 Å². The highest BCUT2D eigenvalue weighted by atomic mass is 16.5. The standard InChI is InChI=1S/C11H11O2/c1-3-5-10-6-4-7-11(8-10)13-9(2)12/h3-8H,1H2,2H3/b5-3+. The van der Waals surface area contributed by atoms with Gasteiger partial charge in [0.2, 0.25) is 0 Å². The van der Waals surface area contributed by atoms with E-state index in [-0.39, 0.29) is 5.97 Å². The van der Waals surface area contributed by atoms with Gasteiger partial charge in [0, 0.05) is 6.92 Å². The summed E-state index contributed by atoms with van der Waals surface area (Å²) in [7, 11) is 0. The molecule has 2 nitrogen and oxygen atoms in total. The van der Waals surface area contributed by atoms with Crippen molar-refractivity contribution in [3.05, 3.63) is 42.8 Å². The lowest BCUT2D eigenvalue weighted by Crippen LogP contribution is -2.00. The zero-order chi connectivity index (χ0) is 9.68. The first-order chi connectivity index (χ1) is 6.22. The Morgan fingerprint density at radius 1 is 1.54 bits per heavy atom. The van der Waals surface area contributed by atoms with E-state index in [2.05, 4.69) is 6.92 Å². The maximum absolute atomic E-state index is 10.6. The minimum atomic E-state index is -0.309. The van der Waals surface area contributed by atoms with Crippen molar-refractivity contribution in [2.24, 2.45) is 0 Å². The summed E-state index contributed by atoms with van der Waals surface area (Å²) >= 11 is 0. The quantitative estimate of drug-likeness (QED) is 0.509. The van der Waals surface area contributed by atoms with Crippen LogP contribution in [0.25, 0.3) is 6.08 Å². The SMILES string of the molecule is [CH2]/C=C/c1cccc(OC(C)=O)c1. The molecule has 0 amide bonds. The zero-order valence-electron chi connectivity index (χ0n) is 7.49. The number of allylic oxidation sites excluding steroid dienone is 1. The van der Waals surface area contributed by atoms with Crippen LogP contribution in [0.2, 0.25) is 0 Å². The van der Waals surface area contributed by atoms with Gasteiger partial charge < -0.3 is 4.74 Å². The number of hydrogen-bond donors (Lipinski definition) is 0. The summed E-state index contributed by atoms with van der Waals surface area (Å²) in [4.78, 5) is 10.6. The van der Waals surface area contributed by atoms with Crippen molar-refractivity contribution in [2.75, 3.05) is 0 Å². The van der Waals surface area contributed by atoms with Crippen LogP contribution in [0.4, 0.5) is 0 Å². The topological polar surface area (TPSA) is 26.3 Å². The van der Waals surface area contributed by atoms with E-state index in [4.69, 9.17) is 4.74 Å². The molecule has 0 aliphatic carbocycles. The van der Waals surface area contributed by atoms with Gasteiger partial charge in [0.25, 0.3) is 0 Å². The molecule has 0 atom stereocenters. The molecule has 0 fully saturated rings. The first kappa shape index (κ1) is 9.52. The van der Waals surface area contributed by atoms with Gasteiger partial charge in [-0.25, -0.2) is 0 Å². The minimum Gasteiger partial charge on any atom is -0.427 e. The van der Waals surface area contributed by atoms with Gasteiger partial charge >= 0.3 is 5.97 Å². The lowest BCUT2D eigenvalue weighted by atomic mass is 10.2. The second-order valence-corrected chi connectivity index (χ2v) is 2.57. The molecule has 2 heteroatoms. The molecule has 0 saturated carbocycles. The Balaban J connectivity index is 2.85. The number of hydrogen-bond acceptors (Lipinski definition) is 2. The van der Waals surface area contributed by atoms with Crippen molar-refractivity contribution in [3.63, 3.8) is 0 Å². The number of esters is 1. The van der Waals surface area contributed by atoms with E-state index in [1.54, 1.807) is 18.2 Å². The molecular weight excluding hydrogens is 164 g/mol. The lowest BCUT2D eigenvalue weighted by molar-refractivity contribution is -0.131. The van der Waals surface area contributed by atoms with Crippen molar-refractivity contribution < 1.29 is 9.53 Å². The zero-order valence-corrected chi connectivity index (χ0v) is 7.49. The second-order valence-electron chi connectivity index (χ2n) is 2.57. The van der Waals surface area contributed by atoms with Gasteiger partial charge in [-0.3, -0.25) is 4.79 Å². The predicted molar refractivity (Wildman–Crippen MR) is 52.1 cm³/mol. The summed E-state index contributed by atoms with van der Waals surface area (Å²) in [5.41, 5.74) is 0.966. The summed E-state index contributed by atoms with van der Waals surface area (Å²) in [5.74, 6) is 0.249. The highest BCUT2D eigenvalue weighted by Crippen LogP contribution is 2.14. The Kier molecular flexibility index (Phi) is 3.26. The van der Waals surface area contributed by atoms with Crippen molar-refractivity contribution in [3.8, 4) is 5.75 Å². The van der Waals surface area contributed by atoms with Crippen LogP contribution in [0, 0.1) is 6.92 Å². The van der Waals surface area contributed by atoms with E-state index in [1.807, 2.05) is 18.2 Å². The summed E-state index contributed by atoms with van der Waals surface area (Å²) < 4.78 is 4.91. The molecular formula is C11H11O2. The first-order valence-electron chi connectivity index (χ1n) is 3.96. The summed E-state index contributed by atoms with van der Waals surface area (Å²) in [6.45, 7) is 4.96. The third-order valence-electron chi connectivity index (χ3n) is 1.43. The van der Waals surface area contributed by atoms with Crippen LogP contribution in [0.5, 0.6) is 5.75 Å². The van der Waals surface area contributed by atoms with Crippen LogP contribution in [-0.2, 0) is 4.79 Å². The number of carbonyl (C=O) groups excluding carboxylic acids is 1. The third kappa shape index (κ3) is 3.11. The lowest BCUT2D eigenvalue weighted by Gasteiger charge is -2.01. The predicted octanol–water partition coefficient (Wildman–Crippen LogP) is 2.46. The number of ether oxygens (including phenoxy) is 1. The van der Waals surface area contributed by atoms with Gasteiger partial charge in [0.15, 0.2) is 0 Å². The molecule has 0 heterocycles. The molecule has 0 unspecified atom stereocenters. The maximum Gasteiger partial charge on any atom is 0.308 e. The molecule has 0 bridgehead atoms. The smallest absolute Gasteiger partial charge is 0.308 e. The molecule has 1 rings (SSSR count). The van der Waals surface area contributed by atoms with Crippen LogP contribution >= 0.6 is 0 Å². The van der Waals surface area contributed by atoms with Gasteiger partial charge in [0.05, 0.1) is 0 Å². The fourth-order valence-electron chi connectivity index (χ4n) is 0.984. The average molecular weight is 175 g/mol. The molecule has 0 saturated heterocycles. The van der Waals surface area contributed by atoms with E-state index in [1.165, 1.54) is 6.92 Å². The van der Waals surface area contributed by atoms with Crippen molar-refractivity contribution in [1.82, 2.24) is 0 Å². The molecule has 0 spiro atoms. The highest BCUT2D eigenvalue weighted by Gasteiger charge is 1.96. The van der Waals surface area contributed by atoms with Gasteiger partial charge in [-0.1, -0.05) is 24.3 Å². The first-order valence-corrected chi connectivity index (χ1v) is 3.96. The fourth-order valence-corrected chi connectivity index (χ4v) is 0.984. The van der Waals surface area contributed by atoms with Crippen molar-refractivity contribution in [2.45, 2.75) is 6.92 Å². The molecule has 1 aromatic carbocycles. The Labute approximate surface area is 77.8 Å². The van der Waals surface area contributed by atoms with Crippen LogP contribution in [-0.4, -0.2) is 5.97 Å². The molecule has 0 aromatic heterocycles. The Hall–Kier alpha value is -1.57. The normalized spacial score (nSPS) is 10.3. The van der Waals surface area contributed by atoms with E-state index in [9.17, 15) is 4.79 Å². The van der Waals surface area contributed by atoms with Gasteiger partial charge in [-0.2, -0.15) is 0 Å². The monoisotopic (exact) mass is 175 g/mol. The molecule has 13 heavy (non-hydrogen) atoms. The third-order valence-corrected chi connectivity index (χ3v) is 1.43. The highest BCUT2D eigenvalue weighted by molar-refractivity contribution is 5.69. The van der Waals surface area contributed by atoms with E-state index in [0.29, 0.717) is 5.75 Å². The van der Waals surface area contributed by atoms with Gasteiger partial charge in [0.1, 0.15) is 5.75 Å². The molecule has 0 aliphatic rings. The Bertz CT molecular complexity index is 327. The van der Waals surface area contributed by atoms with Crippen LogP contribution < -0.4 is 4.74 Å². The maximum atomic E-state index is 10.6. The van der Waals surface area contributed by atoms with Crippen molar-refractivity contribution in [1.29, 1.82) is 0 Å². The Morgan fingerprint density at radius 3 is 2.92 bits per heavy atom. The number of benzene rings is 1. The van der Waals surface area contributed by atoms with Crippen LogP contribution in [0.15, 0.2) is 30.3 Å². The number of rotatable bonds is 2. The van der Waals surface area contributed by atoms with E-state index < -0.39 is 0 Å². The van der Waals surface area contributed by atoms with E-state index >= 15 is 0 Å². The molecule has 67 valence electrons. The van der Waals surface area contributed by atoms with Gasteiger partial charge in [-0.05, 0) is 24.6 Å². The summed E-state index contributed by atoms with van der Waals surface area (Å²) in [6, 6.07) is 7.26. The van der Waals surface area contributed by atoms with E-state index in [0.717, 1.165) is 5.56 Å². The number of carbonyl (C=O) groups is 1. The molecule has 1 radical (unpaired) electrons. The summed E-state index contributed by atoms with van der Waals surface area (Å²) in [6.07, 6.45) is 3.53. The Morgan fingerprint density at radius 2 is 2.31 bits per heavy atom. The summed E-state index contributed by atoms with van der Waals surface area (Å²) in [5, 5.41) is 0. The second kappa shape index (κ2) is 4.45. The van der Waals surface area contributed by atoms with Gasteiger partial charge in [-0.15, -0.1) is 0 Å².